The second-order valence-corrected chi connectivity index (χ2v) is 5.13. The van der Waals surface area contributed by atoms with Crippen LogP contribution < -0.4 is 5.32 Å². The monoisotopic (exact) mass is 310 g/mol. The number of ether oxygens (including phenoxy) is 1. The fourth-order valence-electron chi connectivity index (χ4n) is 1.51. The average molecular weight is 310 g/mol. The van der Waals surface area contributed by atoms with E-state index in [1.165, 1.54) is 12.4 Å². The normalized spacial score (nSPS) is 12.0. The summed E-state index contributed by atoms with van der Waals surface area (Å²) in [6.07, 6.45) is 1.95. The van der Waals surface area contributed by atoms with E-state index in [1.54, 1.807) is 13.8 Å². The molecule has 0 aliphatic heterocycles. The zero-order chi connectivity index (χ0) is 15.4. The lowest BCUT2D eigenvalue weighted by molar-refractivity contribution is 0.0520. The van der Waals surface area contributed by atoms with Crippen LogP contribution in [0, 0.1) is 0 Å². The van der Waals surface area contributed by atoms with Gasteiger partial charge in [-0.25, -0.2) is 9.78 Å². The molecular formula is C12H14N4O4S. The van der Waals surface area contributed by atoms with Crippen molar-refractivity contribution in [3.8, 4) is 0 Å². The first-order valence-corrected chi connectivity index (χ1v) is 7.00. The van der Waals surface area contributed by atoms with E-state index in [0.29, 0.717) is 9.88 Å². The highest BCUT2D eigenvalue weighted by molar-refractivity contribution is 7.13. The summed E-state index contributed by atoms with van der Waals surface area (Å²) in [5.41, 5.74) is 0.302. The summed E-state index contributed by atoms with van der Waals surface area (Å²) in [5, 5.41) is 18.6. The number of rotatable bonds is 5. The number of hydrogen-bond acceptors (Lipinski definition) is 7. The van der Waals surface area contributed by atoms with Crippen molar-refractivity contribution in [1.29, 1.82) is 0 Å². The van der Waals surface area contributed by atoms with E-state index in [-0.39, 0.29) is 18.0 Å². The van der Waals surface area contributed by atoms with E-state index in [1.807, 2.05) is 0 Å². The van der Waals surface area contributed by atoms with Crippen molar-refractivity contribution in [2.45, 2.75) is 20.0 Å². The van der Waals surface area contributed by atoms with Crippen LogP contribution in [0.1, 0.15) is 45.1 Å². The number of anilines is 1. The zero-order valence-electron chi connectivity index (χ0n) is 11.4. The third-order valence-electron chi connectivity index (χ3n) is 2.47. The predicted octanol–water partition coefficient (Wildman–Crippen LogP) is 1.35. The maximum atomic E-state index is 12.1. The largest absolute Gasteiger partial charge is 0.461 e. The van der Waals surface area contributed by atoms with Gasteiger partial charge in [-0.1, -0.05) is 0 Å². The Labute approximate surface area is 124 Å². The number of hydrogen-bond donors (Lipinski definition) is 3. The van der Waals surface area contributed by atoms with Crippen LogP contribution in [0.4, 0.5) is 5.69 Å². The van der Waals surface area contributed by atoms with Gasteiger partial charge in [0.25, 0.3) is 5.91 Å². The summed E-state index contributed by atoms with van der Waals surface area (Å²) in [6, 6.07) is 0. The molecule has 0 aromatic carbocycles. The lowest BCUT2D eigenvalue weighted by atomic mass is 10.3. The van der Waals surface area contributed by atoms with Crippen molar-refractivity contribution in [3.05, 3.63) is 28.0 Å². The Hall–Kier alpha value is -2.26. The number of amides is 1. The molecule has 112 valence electrons. The Morgan fingerprint density at radius 1 is 1.52 bits per heavy atom. The molecule has 9 heteroatoms. The van der Waals surface area contributed by atoms with Gasteiger partial charge in [-0.2, -0.15) is 5.10 Å². The first kappa shape index (κ1) is 15.1. The SMILES string of the molecule is CCOC(=O)c1[nH]ncc1NC(=O)c1cnc(C(C)O)s1. The highest BCUT2D eigenvalue weighted by atomic mass is 32.1. The van der Waals surface area contributed by atoms with Gasteiger partial charge in [0, 0.05) is 0 Å². The topological polar surface area (TPSA) is 117 Å². The molecule has 2 rings (SSSR count). The summed E-state index contributed by atoms with van der Waals surface area (Å²) in [7, 11) is 0. The Kier molecular flexibility index (Phi) is 4.66. The number of nitrogens with zero attached hydrogens (tertiary/aromatic N) is 2. The van der Waals surface area contributed by atoms with Gasteiger partial charge in [0.2, 0.25) is 0 Å². The number of thiazole rings is 1. The van der Waals surface area contributed by atoms with E-state index in [2.05, 4.69) is 20.5 Å². The first-order valence-electron chi connectivity index (χ1n) is 6.18. The lowest BCUT2D eigenvalue weighted by Crippen LogP contribution is -2.14. The van der Waals surface area contributed by atoms with Crippen LogP contribution in [0.25, 0.3) is 0 Å². The van der Waals surface area contributed by atoms with Crippen molar-refractivity contribution in [2.24, 2.45) is 0 Å². The molecule has 21 heavy (non-hydrogen) atoms. The van der Waals surface area contributed by atoms with Crippen LogP contribution >= 0.6 is 11.3 Å². The first-order chi connectivity index (χ1) is 10.0. The Morgan fingerprint density at radius 2 is 2.29 bits per heavy atom. The van der Waals surface area contributed by atoms with Crippen LogP contribution in [-0.2, 0) is 4.74 Å². The third-order valence-corrected chi connectivity index (χ3v) is 3.64. The molecule has 0 saturated carbocycles. The lowest BCUT2D eigenvalue weighted by Gasteiger charge is -2.04. The molecule has 2 heterocycles. The van der Waals surface area contributed by atoms with Crippen LogP contribution in [-0.4, -0.2) is 38.8 Å². The molecule has 1 amide bonds. The maximum Gasteiger partial charge on any atom is 0.358 e. The number of aromatic amines is 1. The van der Waals surface area contributed by atoms with Crippen molar-refractivity contribution < 1.29 is 19.4 Å². The molecule has 0 bridgehead atoms. The minimum atomic E-state index is -0.736. The van der Waals surface area contributed by atoms with Gasteiger partial charge >= 0.3 is 5.97 Å². The van der Waals surface area contributed by atoms with Gasteiger partial charge in [0.1, 0.15) is 16.0 Å². The highest BCUT2D eigenvalue weighted by Gasteiger charge is 2.19. The Balaban J connectivity index is 2.12. The summed E-state index contributed by atoms with van der Waals surface area (Å²) in [6.45, 7) is 3.47. The van der Waals surface area contributed by atoms with E-state index >= 15 is 0 Å². The average Bonchev–Trinajstić information content (AvgIpc) is 3.07. The van der Waals surface area contributed by atoms with Crippen LogP contribution in [0.15, 0.2) is 12.4 Å². The number of aromatic nitrogens is 3. The second kappa shape index (κ2) is 6.46. The summed E-state index contributed by atoms with van der Waals surface area (Å²) >= 11 is 1.08. The number of nitrogens with one attached hydrogen (secondary N) is 2. The molecule has 2 aromatic heterocycles. The van der Waals surface area contributed by atoms with Crippen LogP contribution in [0.5, 0.6) is 0 Å². The van der Waals surface area contributed by atoms with E-state index in [9.17, 15) is 14.7 Å². The summed E-state index contributed by atoms with van der Waals surface area (Å²) in [4.78, 5) is 28.0. The Morgan fingerprint density at radius 3 is 2.90 bits per heavy atom. The fourth-order valence-corrected chi connectivity index (χ4v) is 2.26. The van der Waals surface area contributed by atoms with Crippen LogP contribution in [0.3, 0.4) is 0 Å². The van der Waals surface area contributed by atoms with Crippen LogP contribution in [0.2, 0.25) is 0 Å². The van der Waals surface area contributed by atoms with E-state index < -0.39 is 18.0 Å². The molecule has 3 N–H and O–H groups in total. The van der Waals surface area contributed by atoms with Gasteiger partial charge in [0.15, 0.2) is 5.69 Å². The molecule has 0 spiro atoms. The minimum Gasteiger partial charge on any atom is -0.461 e. The zero-order valence-corrected chi connectivity index (χ0v) is 12.2. The predicted molar refractivity (Wildman–Crippen MR) is 75.2 cm³/mol. The molecule has 0 saturated heterocycles. The van der Waals surface area contributed by atoms with Crippen molar-refractivity contribution in [2.75, 3.05) is 11.9 Å². The molecule has 8 nitrogen and oxygen atoms in total. The van der Waals surface area contributed by atoms with Gasteiger partial charge in [0.05, 0.1) is 24.7 Å². The number of aliphatic hydroxyl groups excluding tert-OH is 1. The van der Waals surface area contributed by atoms with Gasteiger partial charge in [-0.3, -0.25) is 9.89 Å². The Bertz CT molecular complexity index is 649. The minimum absolute atomic E-state index is 0.0745. The molecule has 0 aliphatic rings. The van der Waals surface area contributed by atoms with E-state index in [0.717, 1.165) is 11.3 Å². The van der Waals surface area contributed by atoms with Crippen molar-refractivity contribution in [3.63, 3.8) is 0 Å². The number of esters is 1. The summed E-state index contributed by atoms with van der Waals surface area (Å²) in [5.74, 6) is -1.04. The molecule has 0 radical (unpaired) electrons. The highest BCUT2D eigenvalue weighted by Crippen LogP contribution is 2.21. The third kappa shape index (κ3) is 3.44. The number of aliphatic hydroxyl groups is 1. The fraction of sp³-hybridized carbons (Fsp3) is 0.333. The van der Waals surface area contributed by atoms with Crippen molar-refractivity contribution in [1.82, 2.24) is 15.2 Å². The summed E-state index contributed by atoms with van der Waals surface area (Å²) < 4.78 is 4.85. The van der Waals surface area contributed by atoms with Gasteiger partial charge in [-0.05, 0) is 13.8 Å². The molecule has 0 aliphatic carbocycles. The number of carbonyl (C=O) groups excluding carboxylic acids is 2. The van der Waals surface area contributed by atoms with E-state index in [4.69, 9.17) is 4.74 Å². The number of H-pyrrole nitrogens is 1. The molecule has 0 fully saturated rings. The molecule has 1 atom stereocenters. The quantitative estimate of drug-likeness (QED) is 0.718. The molecular weight excluding hydrogens is 296 g/mol. The standard InChI is InChI=1S/C12H14N4O4S/c1-3-20-12(19)9-7(4-14-16-9)15-10(18)8-5-13-11(21-8)6(2)17/h4-6,17H,3H2,1-2H3,(H,14,16)(H,15,18). The molecule has 1 unspecified atom stereocenters. The molecule has 2 aromatic rings. The van der Waals surface area contributed by atoms with Gasteiger partial charge in [-0.15, -0.1) is 11.3 Å². The smallest absolute Gasteiger partial charge is 0.358 e. The second-order valence-electron chi connectivity index (χ2n) is 4.07. The van der Waals surface area contributed by atoms with Gasteiger partial charge < -0.3 is 15.2 Å². The maximum absolute atomic E-state index is 12.1. The van der Waals surface area contributed by atoms with Crippen molar-refractivity contribution >= 4 is 28.9 Å². The number of carbonyl (C=O) groups is 2.